The fourth-order valence-corrected chi connectivity index (χ4v) is 4.88. The molecule has 0 aliphatic carbocycles. The van der Waals surface area contributed by atoms with E-state index in [4.69, 9.17) is 10.7 Å². The lowest BCUT2D eigenvalue weighted by atomic mass is 9.78. The molecule has 2 aromatic rings. The van der Waals surface area contributed by atoms with Crippen LogP contribution >= 0.6 is 11.3 Å². The van der Waals surface area contributed by atoms with Crippen molar-refractivity contribution in [2.45, 2.75) is 52.4 Å². The Kier molecular flexibility index (Phi) is 5.40. The van der Waals surface area contributed by atoms with Gasteiger partial charge in [-0.3, -0.25) is 9.59 Å². The number of fused-ring (bicyclic) bond motifs is 1. The first-order valence-electron chi connectivity index (χ1n) is 9.73. The molecule has 0 spiro atoms. The summed E-state index contributed by atoms with van der Waals surface area (Å²) in [5.74, 6) is 0.0201. The van der Waals surface area contributed by atoms with Crippen LogP contribution in [0.4, 0.5) is 5.69 Å². The Labute approximate surface area is 170 Å². The Hall–Kier alpha value is -2.15. The lowest BCUT2D eigenvalue weighted by molar-refractivity contribution is -0.135. The van der Waals surface area contributed by atoms with Gasteiger partial charge in [0.25, 0.3) is 5.91 Å². The molecule has 3 rings (SSSR count). The summed E-state index contributed by atoms with van der Waals surface area (Å²) in [6, 6.07) is 3.95. The lowest BCUT2D eigenvalue weighted by Gasteiger charge is -2.41. The molecule has 0 saturated carbocycles. The first-order chi connectivity index (χ1) is 13.0. The van der Waals surface area contributed by atoms with Crippen LogP contribution in [0.2, 0.25) is 0 Å². The molecule has 28 heavy (non-hydrogen) atoms. The largest absolute Gasteiger partial charge is 0.397 e. The number of hydrogen-bond acceptors (Lipinski definition) is 5. The predicted octanol–water partition coefficient (Wildman–Crippen LogP) is 3.55. The molecule has 2 amide bonds. The van der Waals surface area contributed by atoms with E-state index < -0.39 is 0 Å². The zero-order valence-corrected chi connectivity index (χ0v) is 18.2. The van der Waals surface area contributed by atoms with Crippen molar-refractivity contribution in [3.8, 4) is 0 Å². The summed E-state index contributed by atoms with van der Waals surface area (Å²) in [7, 11) is 1.59. The lowest BCUT2D eigenvalue weighted by Crippen LogP contribution is -2.48. The molecule has 1 aliphatic rings. The molecule has 2 aromatic heterocycles. The van der Waals surface area contributed by atoms with Crippen molar-refractivity contribution < 1.29 is 9.59 Å². The van der Waals surface area contributed by atoms with E-state index >= 15 is 0 Å². The maximum absolute atomic E-state index is 12.7. The Bertz CT molecular complexity index is 915. The fourth-order valence-electron chi connectivity index (χ4n) is 3.84. The summed E-state index contributed by atoms with van der Waals surface area (Å²) in [5, 5.41) is 3.44. The smallest absolute Gasteiger partial charge is 0.263 e. The van der Waals surface area contributed by atoms with Gasteiger partial charge in [-0.15, -0.1) is 11.3 Å². The zero-order chi connectivity index (χ0) is 20.7. The van der Waals surface area contributed by atoms with E-state index in [0.29, 0.717) is 23.5 Å². The van der Waals surface area contributed by atoms with Gasteiger partial charge in [-0.1, -0.05) is 27.7 Å². The van der Waals surface area contributed by atoms with E-state index in [1.54, 1.807) is 7.05 Å². The quantitative estimate of drug-likeness (QED) is 0.822. The highest BCUT2D eigenvalue weighted by Crippen LogP contribution is 2.38. The highest BCUT2D eigenvalue weighted by Gasteiger charge is 2.36. The number of aromatic nitrogens is 1. The molecule has 152 valence electrons. The van der Waals surface area contributed by atoms with Gasteiger partial charge < -0.3 is 16.0 Å². The number of nitrogens with zero attached hydrogens (tertiary/aromatic N) is 2. The molecule has 0 bridgehead atoms. The van der Waals surface area contributed by atoms with Crippen LogP contribution < -0.4 is 11.1 Å². The molecule has 1 atom stereocenters. The van der Waals surface area contributed by atoms with Gasteiger partial charge in [-0.2, -0.15) is 0 Å². The summed E-state index contributed by atoms with van der Waals surface area (Å²) in [5.41, 5.74) is 7.37. The number of nitrogen functional groups attached to an aromatic ring is 1. The Balaban J connectivity index is 1.90. The monoisotopic (exact) mass is 402 g/mol. The molecular formula is C21H30N4O2S. The minimum absolute atomic E-state index is 0.0210. The van der Waals surface area contributed by atoms with Crippen molar-refractivity contribution in [2.24, 2.45) is 5.41 Å². The Morgan fingerprint density at radius 3 is 2.71 bits per heavy atom. The van der Waals surface area contributed by atoms with E-state index in [1.165, 1.54) is 11.3 Å². The van der Waals surface area contributed by atoms with Gasteiger partial charge in [-0.25, -0.2) is 4.98 Å². The molecule has 1 aliphatic heterocycles. The van der Waals surface area contributed by atoms with Crippen LogP contribution in [0.25, 0.3) is 10.2 Å². The molecule has 0 aromatic carbocycles. The third-order valence-corrected chi connectivity index (χ3v) is 6.49. The van der Waals surface area contributed by atoms with Crippen molar-refractivity contribution in [3.63, 3.8) is 0 Å². The van der Waals surface area contributed by atoms with Crippen LogP contribution in [0.3, 0.4) is 0 Å². The third-order valence-electron chi connectivity index (χ3n) is 5.38. The molecule has 3 N–H and O–H groups in total. The second-order valence-corrected chi connectivity index (χ2v) is 10.2. The average molecular weight is 403 g/mol. The van der Waals surface area contributed by atoms with Crippen molar-refractivity contribution in [1.29, 1.82) is 0 Å². The number of anilines is 1. The van der Waals surface area contributed by atoms with Crippen LogP contribution in [0.5, 0.6) is 0 Å². The van der Waals surface area contributed by atoms with Gasteiger partial charge in [0.1, 0.15) is 9.71 Å². The summed E-state index contributed by atoms with van der Waals surface area (Å²) in [6.45, 7) is 9.93. The van der Waals surface area contributed by atoms with Gasteiger partial charge in [-0.05, 0) is 30.4 Å². The summed E-state index contributed by atoms with van der Waals surface area (Å²) >= 11 is 1.32. The normalized spacial score (nSPS) is 20.4. The molecule has 1 fully saturated rings. The first-order valence-corrected chi connectivity index (χ1v) is 10.5. The number of rotatable bonds is 3. The number of thiophene rings is 1. The van der Waals surface area contributed by atoms with Crippen molar-refractivity contribution in [3.05, 3.63) is 22.7 Å². The SMILES string of the molecule is CNC(=O)c1sc2nc([C@]3(C)CCCN(C(=O)CC(C)(C)C)C3)ccc2c1N. The third kappa shape index (κ3) is 3.99. The van der Waals surface area contributed by atoms with Crippen LogP contribution in [0.15, 0.2) is 12.1 Å². The second-order valence-electron chi connectivity index (χ2n) is 9.19. The van der Waals surface area contributed by atoms with E-state index in [0.717, 1.165) is 35.3 Å². The topological polar surface area (TPSA) is 88.3 Å². The van der Waals surface area contributed by atoms with E-state index in [1.807, 2.05) is 17.0 Å². The Morgan fingerprint density at radius 2 is 2.07 bits per heavy atom. The van der Waals surface area contributed by atoms with Crippen molar-refractivity contribution in [1.82, 2.24) is 15.2 Å². The van der Waals surface area contributed by atoms with Crippen LogP contribution in [-0.4, -0.2) is 41.8 Å². The number of likely N-dealkylation sites (tertiary alicyclic amines) is 1. The minimum atomic E-state index is -0.202. The van der Waals surface area contributed by atoms with Crippen molar-refractivity contribution in [2.75, 3.05) is 25.9 Å². The van der Waals surface area contributed by atoms with E-state index in [2.05, 4.69) is 33.0 Å². The maximum atomic E-state index is 12.7. The molecule has 6 nitrogen and oxygen atoms in total. The fraction of sp³-hybridized carbons (Fsp3) is 0.571. The molecule has 0 radical (unpaired) electrons. The number of hydrogen-bond donors (Lipinski definition) is 2. The van der Waals surface area contributed by atoms with Crippen LogP contribution in [-0.2, 0) is 10.2 Å². The maximum Gasteiger partial charge on any atom is 0.263 e. The standard InChI is InChI=1S/C21H30N4O2S/c1-20(2,3)11-15(26)25-10-6-9-21(4,12-25)14-8-7-13-16(22)17(18(27)23-5)28-19(13)24-14/h7-8H,6,9-12,22H2,1-5H3,(H,23,27)/t21-/m1/s1. The van der Waals surface area contributed by atoms with Gasteiger partial charge in [0.2, 0.25) is 5.91 Å². The van der Waals surface area contributed by atoms with Gasteiger partial charge in [0.15, 0.2) is 0 Å². The van der Waals surface area contributed by atoms with Gasteiger partial charge in [0, 0.05) is 43.1 Å². The van der Waals surface area contributed by atoms with Crippen LogP contribution in [0.1, 0.15) is 62.3 Å². The number of carbonyl (C=O) groups excluding carboxylic acids is 2. The number of carbonyl (C=O) groups is 2. The Morgan fingerprint density at radius 1 is 1.36 bits per heavy atom. The summed E-state index contributed by atoms with van der Waals surface area (Å²) < 4.78 is 0. The average Bonchev–Trinajstić information content (AvgIpc) is 2.96. The minimum Gasteiger partial charge on any atom is -0.397 e. The molecule has 7 heteroatoms. The number of piperidine rings is 1. The number of amides is 2. The molecular weight excluding hydrogens is 372 g/mol. The number of nitrogens with two attached hydrogens (primary N) is 1. The molecule has 3 heterocycles. The van der Waals surface area contributed by atoms with Gasteiger partial charge in [0.05, 0.1) is 5.69 Å². The zero-order valence-electron chi connectivity index (χ0n) is 17.4. The van der Waals surface area contributed by atoms with E-state index in [-0.39, 0.29) is 22.6 Å². The van der Waals surface area contributed by atoms with Gasteiger partial charge >= 0.3 is 0 Å². The summed E-state index contributed by atoms with van der Waals surface area (Å²) in [4.78, 5) is 32.9. The highest BCUT2D eigenvalue weighted by molar-refractivity contribution is 7.21. The molecule has 1 saturated heterocycles. The molecule has 0 unspecified atom stereocenters. The van der Waals surface area contributed by atoms with Crippen molar-refractivity contribution >= 4 is 39.1 Å². The first kappa shape index (κ1) is 20.6. The predicted molar refractivity (Wildman–Crippen MR) is 115 cm³/mol. The summed E-state index contributed by atoms with van der Waals surface area (Å²) in [6.07, 6.45) is 2.49. The number of nitrogens with one attached hydrogen (secondary N) is 1. The second kappa shape index (κ2) is 7.35. The number of pyridine rings is 1. The highest BCUT2D eigenvalue weighted by atomic mass is 32.1. The van der Waals surface area contributed by atoms with Crippen LogP contribution in [0, 0.1) is 5.41 Å². The van der Waals surface area contributed by atoms with E-state index in [9.17, 15) is 9.59 Å².